The van der Waals surface area contributed by atoms with Crippen molar-refractivity contribution in [2.75, 3.05) is 19.6 Å². The number of thiophene rings is 1. The zero-order valence-electron chi connectivity index (χ0n) is 18.5. The molecule has 1 unspecified atom stereocenters. The van der Waals surface area contributed by atoms with Gasteiger partial charge in [0.15, 0.2) is 0 Å². The maximum Gasteiger partial charge on any atom is 0.328 e. The zero-order chi connectivity index (χ0) is 24.5. The van der Waals surface area contributed by atoms with E-state index in [0.717, 1.165) is 36.1 Å². The van der Waals surface area contributed by atoms with E-state index >= 15 is 0 Å². The third-order valence-corrected chi connectivity index (χ3v) is 6.93. The molecule has 0 saturated carbocycles. The average Bonchev–Trinajstić information content (AvgIpc) is 3.51. The molecule has 1 amide bonds. The van der Waals surface area contributed by atoms with Crippen LogP contribution < -0.4 is 0 Å². The summed E-state index contributed by atoms with van der Waals surface area (Å²) in [5.41, 5.74) is 1.89. The highest BCUT2D eigenvalue weighted by Crippen LogP contribution is 2.28. The van der Waals surface area contributed by atoms with Crippen LogP contribution in [0, 0.1) is 0 Å². The number of carboxylic acid groups (broad SMARTS) is 2. The van der Waals surface area contributed by atoms with Crippen molar-refractivity contribution in [2.45, 2.75) is 19.5 Å². The SMILES string of the molecule is CC1CN(Cc2ccccc2)CCN1C(=O)c1csc(-c2cccs2)n1.O=C(O)/C=C/C(=O)O. The minimum atomic E-state index is -1.26. The number of benzene rings is 1. The van der Waals surface area contributed by atoms with E-state index in [2.05, 4.69) is 41.1 Å². The van der Waals surface area contributed by atoms with Crippen LogP contribution in [-0.4, -0.2) is 68.5 Å². The fraction of sp³-hybridized carbons (Fsp3) is 0.250. The van der Waals surface area contributed by atoms with Crippen LogP contribution in [0.3, 0.4) is 0 Å². The van der Waals surface area contributed by atoms with Crippen molar-refractivity contribution in [2.24, 2.45) is 0 Å². The second-order valence-electron chi connectivity index (χ2n) is 7.59. The molecule has 1 saturated heterocycles. The summed E-state index contributed by atoms with van der Waals surface area (Å²) in [5, 5.41) is 20.5. The summed E-state index contributed by atoms with van der Waals surface area (Å²) in [4.78, 5) is 42.1. The van der Waals surface area contributed by atoms with Crippen LogP contribution >= 0.6 is 22.7 Å². The molecule has 8 nitrogen and oxygen atoms in total. The monoisotopic (exact) mass is 499 g/mol. The number of hydrogen-bond acceptors (Lipinski definition) is 7. The molecule has 2 N–H and O–H groups in total. The third-order valence-electron chi connectivity index (χ3n) is 5.05. The molecule has 3 heterocycles. The van der Waals surface area contributed by atoms with Gasteiger partial charge in [0.05, 0.1) is 4.88 Å². The molecule has 1 aromatic carbocycles. The number of aromatic nitrogens is 1. The van der Waals surface area contributed by atoms with Gasteiger partial charge in [-0.25, -0.2) is 14.6 Å². The third kappa shape index (κ3) is 7.34. The molecule has 2 aromatic heterocycles. The summed E-state index contributed by atoms with van der Waals surface area (Å²) in [6.07, 6.45) is 1.12. The highest BCUT2D eigenvalue weighted by molar-refractivity contribution is 7.20. The molecule has 1 aliphatic heterocycles. The average molecular weight is 500 g/mol. The van der Waals surface area contributed by atoms with Crippen LogP contribution in [0.15, 0.2) is 65.4 Å². The predicted octanol–water partition coefficient (Wildman–Crippen LogP) is 3.93. The lowest BCUT2D eigenvalue weighted by atomic mass is 10.1. The van der Waals surface area contributed by atoms with Crippen molar-refractivity contribution >= 4 is 40.5 Å². The Balaban J connectivity index is 0.000000350. The van der Waals surface area contributed by atoms with Gasteiger partial charge < -0.3 is 15.1 Å². The standard InChI is InChI=1S/C20H21N3OS2.C4H4O4/c1-15-12-22(13-16-6-3-2-4-7-16)9-10-23(15)20(24)17-14-26-19(21-17)18-8-5-11-25-18;5-3(6)1-2-4(7)8/h2-8,11,14-15H,9-10,12-13H2,1H3;1-2H,(H,5,6)(H,7,8)/b;2-1+. The number of aliphatic carboxylic acids is 2. The van der Waals surface area contributed by atoms with Crippen molar-refractivity contribution in [3.63, 3.8) is 0 Å². The predicted molar refractivity (Wildman–Crippen MR) is 132 cm³/mol. The van der Waals surface area contributed by atoms with Gasteiger partial charge in [-0.3, -0.25) is 9.69 Å². The maximum absolute atomic E-state index is 12.9. The van der Waals surface area contributed by atoms with Crippen molar-refractivity contribution in [1.29, 1.82) is 0 Å². The van der Waals surface area contributed by atoms with Gasteiger partial charge in [-0.2, -0.15) is 0 Å². The molecule has 0 radical (unpaired) electrons. The lowest BCUT2D eigenvalue weighted by Gasteiger charge is -2.39. The Morgan fingerprint density at radius 1 is 1.03 bits per heavy atom. The number of hydrogen-bond donors (Lipinski definition) is 2. The van der Waals surface area contributed by atoms with E-state index in [1.54, 1.807) is 22.7 Å². The van der Waals surface area contributed by atoms with Gasteiger partial charge in [0.1, 0.15) is 10.7 Å². The Hall–Kier alpha value is -3.34. The Bertz CT molecular complexity index is 1110. The minimum Gasteiger partial charge on any atom is -0.478 e. The molecule has 1 fully saturated rings. The smallest absolute Gasteiger partial charge is 0.328 e. The fourth-order valence-corrected chi connectivity index (χ4v) is 5.10. The van der Waals surface area contributed by atoms with Gasteiger partial charge in [0.25, 0.3) is 5.91 Å². The first-order valence-electron chi connectivity index (χ1n) is 10.5. The first kappa shape index (κ1) is 25.3. The van der Waals surface area contributed by atoms with Crippen molar-refractivity contribution < 1.29 is 24.6 Å². The van der Waals surface area contributed by atoms with Crippen LogP contribution in [0.25, 0.3) is 9.88 Å². The van der Waals surface area contributed by atoms with Gasteiger partial charge in [-0.1, -0.05) is 36.4 Å². The van der Waals surface area contributed by atoms with Gasteiger partial charge in [-0.05, 0) is 23.9 Å². The summed E-state index contributed by atoms with van der Waals surface area (Å²) >= 11 is 3.20. The molecular formula is C24H25N3O5S2. The summed E-state index contributed by atoms with van der Waals surface area (Å²) in [6.45, 7) is 5.60. The van der Waals surface area contributed by atoms with E-state index in [1.165, 1.54) is 5.56 Å². The van der Waals surface area contributed by atoms with Gasteiger partial charge in [0.2, 0.25) is 0 Å². The molecule has 0 bridgehead atoms. The fourth-order valence-electron chi connectivity index (χ4n) is 3.50. The number of carbonyl (C=O) groups is 3. The Kier molecular flexibility index (Phi) is 9.08. The highest BCUT2D eigenvalue weighted by Gasteiger charge is 2.29. The molecule has 1 aliphatic rings. The summed E-state index contributed by atoms with van der Waals surface area (Å²) in [5.74, 6) is -2.46. The number of rotatable bonds is 6. The van der Waals surface area contributed by atoms with Gasteiger partial charge in [0, 0.05) is 49.8 Å². The molecule has 3 aromatic rings. The van der Waals surface area contributed by atoms with Crippen LogP contribution in [-0.2, 0) is 16.1 Å². The van der Waals surface area contributed by atoms with Gasteiger partial charge >= 0.3 is 11.9 Å². The topological polar surface area (TPSA) is 111 Å². The number of nitrogens with zero attached hydrogens (tertiary/aromatic N) is 3. The van der Waals surface area contributed by atoms with Crippen molar-refractivity contribution in [1.82, 2.24) is 14.8 Å². The molecule has 178 valence electrons. The van der Waals surface area contributed by atoms with E-state index in [1.807, 2.05) is 33.9 Å². The van der Waals surface area contributed by atoms with Crippen LogP contribution in [0.1, 0.15) is 23.0 Å². The normalized spacial score (nSPS) is 16.1. The van der Waals surface area contributed by atoms with E-state index < -0.39 is 11.9 Å². The van der Waals surface area contributed by atoms with Crippen LogP contribution in [0.4, 0.5) is 0 Å². The molecule has 0 aliphatic carbocycles. The summed E-state index contributed by atoms with van der Waals surface area (Å²) in [7, 11) is 0. The van der Waals surface area contributed by atoms with Crippen molar-refractivity contribution in [3.05, 3.63) is 76.6 Å². The Morgan fingerprint density at radius 3 is 2.32 bits per heavy atom. The number of carboxylic acids is 2. The zero-order valence-corrected chi connectivity index (χ0v) is 20.2. The van der Waals surface area contributed by atoms with Crippen LogP contribution in [0.5, 0.6) is 0 Å². The second kappa shape index (κ2) is 12.2. The number of amides is 1. The molecule has 4 rings (SSSR count). The van der Waals surface area contributed by atoms with Crippen LogP contribution in [0.2, 0.25) is 0 Å². The lowest BCUT2D eigenvalue weighted by molar-refractivity contribution is -0.134. The second-order valence-corrected chi connectivity index (χ2v) is 9.40. The molecule has 1 atom stereocenters. The number of carbonyl (C=O) groups excluding carboxylic acids is 1. The molecular weight excluding hydrogens is 474 g/mol. The number of piperazine rings is 1. The first-order valence-corrected chi connectivity index (χ1v) is 12.3. The van der Waals surface area contributed by atoms with E-state index in [0.29, 0.717) is 17.8 Å². The number of thiazole rings is 1. The maximum atomic E-state index is 12.9. The largest absolute Gasteiger partial charge is 0.478 e. The molecule has 34 heavy (non-hydrogen) atoms. The first-order chi connectivity index (χ1) is 16.3. The van der Waals surface area contributed by atoms with E-state index in [-0.39, 0.29) is 11.9 Å². The Labute approximate surface area is 205 Å². The highest BCUT2D eigenvalue weighted by atomic mass is 32.1. The Morgan fingerprint density at radius 2 is 1.74 bits per heavy atom. The van der Waals surface area contributed by atoms with E-state index in [4.69, 9.17) is 10.2 Å². The van der Waals surface area contributed by atoms with Crippen molar-refractivity contribution in [3.8, 4) is 9.88 Å². The molecule has 0 spiro atoms. The van der Waals surface area contributed by atoms with Gasteiger partial charge in [-0.15, -0.1) is 22.7 Å². The molecule has 10 heteroatoms. The quantitative estimate of drug-likeness (QED) is 0.494. The summed E-state index contributed by atoms with van der Waals surface area (Å²) in [6, 6.07) is 14.7. The van der Waals surface area contributed by atoms with E-state index in [9.17, 15) is 14.4 Å². The lowest BCUT2D eigenvalue weighted by Crippen LogP contribution is -2.53. The summed E-state index contributed by atoms with van der Waals surface area (Å²) < 4.78 is 0. The minimum absolute atomic E-state index is 0.0518.